The highest BCUT2D eigenvalue weighted by Crippen LogP contribution is 2.28. The molecule has 0 atom stereocenters. The zero-order valence-electron chi connectivity index (χ0n) is 20.4. The number of carbonyl (C=O) groups is 1. The maximum atomic E-state index is 14.1. The maximum Gasteiger partial charge on any atom is 0.337 e. The summed E-state index contributed by atoms with van der Waals surface area (Å²) in [5, 5.41) is 22.0. The van der Waals surface area contributed by atoms with E-state index in [1.807, 2.05) is 0 Å². The van der Waals surface area contributed by atoms with E-state index in [0.717, 1.165) is 39.6 Å². The van der Waals surface area contributed by atoms with Crippen LogP contribution in [0.5, 0.6) is 5.75 Å². The Morgan fingerprint density at radius 2 is 1.74 bits per heavy atom. The van der Waals surface area contributed by atoms with Crippen LogP contribution in [0.1, 0.15) is 47.6 Å². The van der Waals surface area contributed by atoms with Crippen molar-refractivity contribution in [3.8, 4) is 11.4 Å². The molecule has 5 rings (SSSR count). The van der Waals surface area contributed by atoms with Crippen LogP contribution < -0.4 is 16.6 Å². The molecule has 1 aliphatic rings. The third kappa shape index (κ3) is 4.90. The minimum atomic E-state index is -1.21. The van der Waals surface area contributed by atoms with Crippen molar-refractivity contribution in [2.75, 3.05) is 0 Å². The predicted octanol–water partition coefficient (Wildman–Crippen LogP) is 3.08. The minimum Gasteiger partial charge on any atom is -0.507 e. The molecule has 12 heteroatoms. The van der Waals surface area contributed by atoms with Gasteiger partial charge in [-0.05, 0) is 61.6 Å². The number of benzene rings is 2. The summed E-state index contributed by atoms with van der Waals surface area (Å²) in [5.74, 6) is -3.91. The van der Waals surface area contributed by atoms with E-state index in [1.165, 1.54) is 18.2 Å². The first kappa shape index (κ1) is 26.2. The van der Waals surface area contributed by atoms with E-state index < -0.39 is 40.6 Å². The van der Waals surface area contributed by atoms with Gasteiger partial charge in [0.1, 0.15) is 11.6 Å². The monoisotopic (exact) mass is 540 g/mol. The van der Waals surface area contributed by atoms with Crippen LogP contribution in [0.15, 0.2) is 58.3 Å². The van der Waals surface area contributed by atoms with Gasteiger partial charge in [-0.2, -0.15) is 0 Å². The van der Waals surface area contributed by atoms with Crippen molar-refractivity contribution in [1.29, 1.82) is 0 Å². The lowest BCUT2D eigenvalue weighted by molar-refractivity contribution is 0.0919. The smallest absolute Gasteiger partial charge is 0.337 e. The van der Waals surface area contributed by atoms with Crippen molar-refractivity contribution in [3.05, 3.63) is 98.1 Å². The van der Waals surface area contributed by atoms with E-state index in [0.29, 0.717) is 31.2 Å². The van der Waals surface area contributed by atoms with Crippen molar-refractivity contribution in [2.45, 2.75) is 44.4 Å². The van der Waals surface area contributed by atoms with E-state index in [1.54, 1.807) is 0 Å². The number of phenolic OH excluding ortho intramolecular Hbond substituents is 1. The molecule has 0 saturated heterocycles. The van der Waals surface area contributed by atoms with Gasteiger partial charge in [-0.15, -0.1) is 0 Å². The lowest BCUT2D eigenvalue weighted by atomic mass is 9.90. The Balaban J connectivity index is 1.46. The number of pyridine rings is 1. The molecule has 2 heterocycles. The van der Waals surface area contributed by atoms with E-state index in [4.69, 9.17) is 0 Å². The Morgan fingerprint density at radius 3 is 2.44 bits per heavy atom. The molecule has 202 valence electrons. The zero-order chi connectivity index (χ0) is 27.8. The van der Waals surface area contributed by atoms with E-state index in [9.17, 15) is 37.8 Å². The van der Waals surface area contributed by atoms with Crippen molar-refractivity contribution in [2.24, 2.45) is 0 Å². The summed E-state index contributed by atoms with van der Waals surface area (Å²) < 4.78 is 43.6. The summed E-state index contributed by atoms with van der Waals surface area (Å²) >= 11 is 0. The Morgan fingerprint density at radius 1 is 1.00 bits per heavy atom. The topological polar surface area (TPSA) is 126 Å². The van der Waals surface area contributed by atoms with Crippen LogP contribution in [0, 0.1) is 17.5 Å². The van der Waals surface area contributed by atoms with Gasteiger partial charge in [-0.1, -0.05) is 6.07 Å². The first-order valence-electron chi connectivity index (χ1n) is 12.2. The molecule has 0 spiro atoms. The molecule has 1 aliphatic carbocycles. The SMILES string of the molecule is O=C(NC1CCC(n2c(=O)c3cc(F)cnc3n(-c3ccc(F)c(F)c3)c2=O)CC1)c1cc(CO)ccc1O. The van der Waals surface area contributed by atoms with Crippen LogP contribution in [0.4, 0.5) is 13.2 Å². The molecule has 0 bridgehead atoms. The molecular formula is C27H23F3N4O5. The number of aliphatic hydroxyl groups is 1. The second kappa shape index (κ2) is 10.4. The Hall–Kier alpha value is -4.45. The number of carbonyl (C=O) groups excluding carboxylic acids is 1. The number of phenols is 1. The molecule has 9 nitrogen and oxygen atoms in total. The summed E-state index contributed by atoms with van der Waals surface area (Å²) in [4.78, 5) is 43.5. The predicted molar refractivity (Wildman–Crippen MR) is 134 cm³/mol. The van der Waals surface area contributed by atoms with Gasteiger partial charge in [0.25, 0.3) is 11.5 Å². The van der Waals surface area contributed by atoms with Crippen molar-refractivity contribution in [3.63, 3.8) is 0 Å². The molecule has 0 aliphatic heterocycles. The maximum absolute atomic E-state index is 14.1. The fraction of sp³-hybridized carbons (Fsp3) is 0.259. The number of halogens is 3. The van der Waals surface area contributed by atoms with E-state index in [2.05, 4.69) is 10.3 Å². The van der Waals surface area contributed by atoms with Crippen molar-refractivity contribution < 1.29 is 28.2 Å². The standard InChI is InChI=1S/C27H23F3N4O5/c28-15-10-20-24(31-12-15)33(18-6-7-21(29)22(30)11-18)27(39)34(26(20)38)17-4-2-16(3-5-17)32-25(37)19-9-14(13-35)1-8-23(19)36/h1,6-12,16-17,35-36H,2-5,13H2,(H,32,37). The third-order valence-corrected chi connectivity index (χ3v) is 6.94. The summed E-state index contributed by atoms with van der Waals surface area (Å²) in [5.41, 5.74) is -1.41. The fourth-order valence-electron chi connectivity index (χ4n) is 4.97. The van der Waals surface area contributed by atoms with Crippen LogP contribution in [-0.4, -0.2) is 36.3 Å². The average Bonchev–Trinajstić information content (AvgIpc) is 2.92. The molecule has 1 amide bonds. The highest BCUT2D eigenvalue weighted by molar-refractivity contribution is 5.97. The second-order valence-electron chi connectivity index (χ2n) is 9.40. The normalized spacial score (nSPS) is 17.3. The molecule has 1 fully saturated rings. The van der Waals surface area contributed by atoms with Gasteiger partial charge in [0.05, 0.1) is 29.4 Å². The summed E-state index contributed by atoms with van der Waals surface area (Å²) in [7, 11) is 0. The molecule has 3 N–H and O–H groups in total. The van der Waals surface area contributed by atoms with Crippen LogP contribution in [0.25, 0.3) is 16.7 Å². The van der Waals surface area contributed by atoms with Crippen LogP contribution >= 0.6 is 0 Å². The Bertz CT molecular complexity index is 1710. The highest BCUT2D eigenvalue weighted by Gasteiger charge is 2.28. The number of aromatic nitrogens is 3. The fourth-order valence-corrected chi connectivity index (χ4v) is 4.97. The van der Waals surface area contributed by atoms with Gasteiger partial charge in [-0.25, -0.2) is 27.5 Å². The number of aromatic hydroxyl groups is 1. The minimum absolute atomic E-state index is 0.0124. The first-order chi connectivity index (χ1) is 18.7. The second-order valence-corrected chi connectivity index (χ2v) is 9.40. The van der Waals surface area contributed by atoms with Crippen LogP contribution in [-0.2, 0) is 6.61 Å². The Labute approximate surface area is 218 Å². The summed E-state index contributed by atoms with van der Waals surface area (Å²) in [6, 6.07) is 6.99. The number of hydrogen-bond acceptors (Lipinski definition) is 6. The number of aliphatic hydroxyl groups excluding tert-OH is 1. The van der Waals surface area contributed by atoms with E-state index in [-0.39, 0.29) is 40.7 Å². The van der Waals surface area contributed by atoms with Crippen LogP contribution in [0.3, 0.4) is 0 Å². The molecular weight excluding hydrogens is 517 g/mol. The lowest BCUT2D eigenvalue weighted by Gasteiger charge is -2.30. The van der Waals surface area contributed by atoms with Crippen molar-refractivity contribution in [1.82, 2.24) is 19.4 Å². The van der Waals surface area contributed by atoms with Gasteiger partial charge in [0.2, 0.25) is 0 Å². The molecule has 39 heavy (non-hydrogen) atoms. The van der Waals surface area contributed by atoms with Gasteiger partial charge < -0.3 is 15.5 Å². The number of rotatable bonds is 5. The van der Waals surface area contributed by atoms with E-state index >= 15 is 0 Å². The molecule has 0 unspecified atom stereocenters. The highest BCUT2D eigenvalue weighted by atomic mass is 19.2. The summed E-state index contributed by atoms with van der Waals surface area (Å²) in [6.07, 6.45) is 2.19. The van der Waals surface area contributed by atoms with Gasteiger partial charge in [-0.3, -0.25) is 14.2 Å². The number of hydrogen-bond donors (Lipinski definition) is 3. The van der Waals surface area contributed by atoms with Crippen LogP contribution in [0.2, 0.25) is 0 Å². The average molecular weight is 540 g/mol. The third-order valence-electron chi connectivity index (χ3n) is 6.94. The Kier molecular flexibility index (Phi) is 6.96. The molecule has 0 radical (unpaired) electrons. The largest absolute Gasteiger partial charge is 0.507 e. The number of fused-ring (bicyclic) bond motifs is 1. The molecule has 2 aromatic carbocycles. The number of amides is 1. The first-order valence-corrected chi connectivity index (χ1v) is 12.2. The quantitative estimate of drug-likeness (QED) is 0.357. The molecule has 1 saturated carbocycles. The van der Waals surface area contributed by atoms with Crippen molar-refractivity contribution >= 4 is 16.9 Å². The number of nitrogens with one attached hydrogen (secondary N) is 1. The number of nitrogens with zero attached hydrogens (tertiary/aromatic N) is 3. The summed E-state index contributed by atoms with van der Waals surface area (Å²) in [6.45, 7) is -0.298. The molecule has 2 aromatic heterocycles. The lowest BCUT2D eigenvalue weighted by Crippen LogP contribution is -2.45. The molecule has 4 aromatic rings. The van der Waals surface area contributed by atoms with Gasteiger partial charge in [0.15, 0.2) is 17.3 Å². The van der Waals surface area contributed by atoms with Gasteiger partial charge in [0, 0.05) is 18.2 Å². The zero-order valence-corrected chi connectivity index (χ0v) is 20.4. The van der Waals surface area contributed by atoms with Gasteiger partial charge >= 0.3 is 5.69 Å².